The van der Waals surface area contributed by atoms with Crippen molar-refractivity contribution in [2.45, 2.75) is 110 Å². The van der Waals surface area contributed by atoms with Crippen LogP contribution in [-0.2, 0) is 0 Å². The molecule has 0 aromatic carbocycles. The molecule has 0 saturated heterocycles. The van der Waals surface area contributed by atoms with Crippen molar-refractivity contribution >= 4 is 15.7 Å². The zero-order chi connectivity index (χ0) is 17.0. The van der Waals surface area contributed by atoms with Gasteiger partial charge in [0.1, 0.15) is 0 Å². The maximum Gasteiger partial charge on any atom is 0.455 e. The summed E-state index contributed by atoms with van der Waals surface area (Å²) < 4.78 is 0. The van der Waals surface area contributed by atoms with Crippen LogP contribution in [0.3, 0.4) is 0 Å². The monoisotopic (exact) mass is 344 g/mol. The third kappa shape index (κ3) is 22.4. The molecule has 1 unspecified atom stereocenters. The molecule has 0 fully saturated rings. The first-order valence-electron chi connectivity index (χ1n) is 10.3. The first kappa shape index (κ1) is 23.4. The second-order valence-corrected chi connectivity index (χ2v) is 8.40. The van der Waals surface area contributed by atoms with Crippen LogP contribution in [0.1, 0.15) is 110 Å². The molecule has 2 nitrogen and oxygen atoms in total. The second kappa shape index (κ2) is 20.5. The highest BCUT2D eigenvalue weighted by Crippen LogP contribution is 2.16. The van der Waals surface area contributed by atoms with E-state index < -0.39 is 7.12 Å². The molecule has 0 aliphatic rings. The maximum atomic E-state index is 8.75. The van der Waals surface area contributed by atoms with Crippen LogP contribution in [-0.4, -0.2) is 29.4 Å². The van der Waals surface area contributed by atoms with Crippen molar-refractivity contribution < 1.29 is 10.0 Å². The van der Waals surface area contributed by atoms with E-state index in [0.29, 0.717) is 6.06 Å². The van der Waals surface area contributed by atoms with Gasteiger partial charge in [0.25, 0.3) is 0 Å². The highest BCUT2D eigenvalue weighted by Gasteiger charge is 2.04. The Morgan fingerprint density at radius 2 is 0.913 bits per heavy atom. The van der Waals surface area contributed by atoms with Crippen LogP contribution in [0, 0.1) is 0 Å². The van der Waals surface area contributed by atoms with E-state index in [4.69, 9.17) is 10.0 Å². The predicted octanol–water partition coefficient (Wildman–Crippen LogP) is 5.94. The Morgan fingerprint density at radius 1 is 0.565 bits per heavy atom. The van der Waals surface area contributed by atoms with Crippen LogP contribution in [0.4, 0.5) is 0 Å². The van der Waals surface area contributed by atoms with Crippen LogP contribution < -0.4 is 0 Å². The van der Waals surface area contributed by atoms with Crippen molar-refractivity contribution in [1.29, 1.82) is 0 Å². The van der Waals surface area contributed by atoms with Crippen LogP contribution in [0.2, 0.25) is 0 Å². The lowest BCUT2D eigenvalue weighted by Crippen LogP contribution is -2.13. The third-order valence-electron chi connectivity index (χ3n) is 4.53. The van der Waals surface area contributed by atoms with Crippen molar-refractivity contribution in [1.82, 2.24) is 0 Å². The van der Waals surface area contributed by atoms with Crippen molar-refractivity contribution in [3.05, 3.63) is 0 Å². The summed E-state index contributed by atoms with van der Waals surface area (Å²) in [6, 6.07) is 0.568. The zero-order valence-electron chi connectivity index (χ0n) is 15.7. The van der Waals surface area contributed by atoms with Gasteiger partial charge in [-0.2, -0.15) is 0 Å². The van der Waals surface area contributed by atoms with Gasteiger partial charge in [0.2, 0.25) is 0 Å². The van der Waals surface area contributed by atoms with Gasteiger partial charge in [-0.25, -0.2) is 0 Å². The molecule has 0 rings (SSSR count). The molecule has 23 heavy (non-hydrogen) atoms. The van der Waals surface area contributed by atoms with E-state index in [-0.39, 0.29) is 0 Å². The summed E-state index contributed by atoms with van der Waals surface area (Å²) in [6.45, 7) is 2.28. The lowest BCUT2D eigenvalue weighted by atomic mass is 9.98. The molecule has 0 amide bonds. The van der Waals surface area contributed by atoms with Gasteiger partial charge in [-0.05, 0) is 18.6 Å². The van der Waals surface area contributed by atoms with E-state index in [2.05, 4.69) is 6.92 Å². The molecule has 1 atom stereocenters. The van der Waals surface area contributed by atoms with Gasteiger partial charge < -0.3 is 10.0 Å². The van der Waals surface area contributed by atoms with Crippen molar-refractivity contribution in [2.75, 3.05) is 12.2 Å². The summed E-state index contributed by atoms with van der Waals surface area (Å²) in [6.07, 6.45) is 23.7. The molecule has 0 aliphatic carbocycles. The van der Waals surface area contributed by atoms with Gasteiger partial charge in [-0.15, -0.1) is 8.58 Å². The Hall–Kier alpha value is 0.415. The maximum absolute atomic E-state index is 8.75. The van der Waals surface area contributed by atoms with Crippen LogP contribution in [0.5, 0.6) is 0 Å². The summed E-state index contributed by atoms with van der Waals surface area (Å²) >= 11 is 0. The molecule has 0 saturated carbocycles. The Bertz CT molecular complexity index is 216. The molecule has 0 bridgehead atoms. The predicted molar refractivity (Wildman–Crippen MR) is 108 cm³/mol. The summed E-state index contributed by atoms with van der Waals surface area (Å²) in [7, 11) is -0.365. The van der Waals surface area contributed by atoms with E-state index in [1.165, 1.54) is 109 Å². The van der Waals surface area contributed by atoms with Gasteiger partial charge in [0.15, 0.2) is 0 Å². The minimum Gasteiger partial charge on any atom is -0.427 e. The summed E-state index contributed by atoms with van der Waals surface area (Å²) in [4.78, 5) is 0. The molecule has 138 valence electrons. The van der Waals surface area contributed by atoms with Crippen LogP contribution >= 0.6 is 8.58 Å². The molecule has 0 spiro atoms. The Balaban J connectivity index is 2.95. The normalized spacial score (nSPS) is 11.6. The van der Waals surface area contributed by atoms with Gasteiger partial charge in [-0.3, -0.25) is 0 Å². The van der Waals surface area contributed by atoms with E-state index in [1.54, 1.807) is 0 Å². The van der Waals surface area contributed by atoms with Crippen LogP contribution in [0.15, 0.2) is 0 Å². The lowest BCUT2D eigenvalue weighted by Gasteiger charge is -2.04. The first-order valence-corrected chi connectivity index (χ1v) is 11.8. The first-order chi connectivity index (χ1) is 11.3. The molecule has 4 heteroatoms. The Labute approximate surface area is 148 Å². The fraction of sp³-hybridized carbons (Fsp3) is 1.00. The number of hydrogen-bond acceptors (Lipinski definition) is 2. The van der Waals surface area contributed by atoms with Crippen LogP contribution in [0.25, 0.3) is 0 Å². The SMILES string of the molecule is CCCCCCCCCCCCCCCCCCPCB(O)O. The van der Waals surface area contributed by atoms with E-state index >= 15 is 0 Å². The standard InChI is InChI=1S/C19H42BO2P/c1-2-3-4-5-6-7-8-9-10-11-12-13-14-15-16-17-18-23-19-20(21)22/h21-23H,2-19H2,1H3. The number of rotatable bonds is 19. The molecule has 0 radical (unpaired) electrons. The van der Waals surface area contributed by atoms with Gasteiger partial charge in [-0.1, -0.05) is 103 Å². The molecule has 0 aromatic rings. The summed E-state index contributed by atoms with van der Waals surface area (Å²) in [5.41, 5.74) is 0. The number of unbranched alkanes of at least 4 members (excludes halogenated alkanes) is 15. The summed E-state index contributed by atoms with van der Waals surface area (Å²) in [5.74, 6) is 0. The smallest absolute Gasteiger partial charge is 0.427 e. The second-order valence-electron chi connectivity index (χ2n) is 6.99. The Kier molecular flexibility index (Phi) is 20.8. The highest BCUT2D eigenvalue weighted by molar-refractivity contribution is 7.40. The van der Waals surface area contributed by atoms with Crippen molar-refractivity contribution in [3.63, 3.8) is 0 Å². The number of hydrogen-bond donors (Lipinski definition) is 2. The molecular formula is C19H42BO2P. The zero-order valence-corrected chi connectivity index (χ0v) is 16.7. The van der Waals surface area contributed by atoms with E-state index in [9.17, 15) is 0 Å². The summed E-state index contributed by atoms with van der Waals surface area (Å²) in [5, 5.41) is 17.5. The molecular weight excluding hydrogens is 302 g/mol. The molecule has 0 aromatic heterocycles. The molecule has 0 heterocycles. The average molecular weight is 344 g/mol. The highest BCUT2D eigenvalue weighted by atomic mass is 31.1. The minimum absolute atomic E-state index is 0.568. The topological polar surface area (TPSA) is 40.5 Å². The Morgan fingerprint density at radius 3 is 1.26 bits per heavy atom. The van der Waals surface area contributed by atoms with Gasteiger partial charge in [0.05, 0.1) is 0 Å². The van der Waals surface area contributed by atoms with E-state index in [0.717, 1.165) is 8.58 Å². The fourth-order valence-electron chi connectivity index (χ4n) is 3.03. The van der Waals surface area contributed by atoms with Gasteiger partial charge >= 0.3 is 7.12 Å². The average Bonchev–Trinajstić information content (AvgIpc) is 2.53. The molecule has 2 N–H and O–H groups in total. The van der Waals surface area contributed by atoms with Crippen molar-refractivity contribution in [3.8, 4) is 0 Å². The lowest BCUT2D eigenvalue weighted by molar-refractivity contribution is 0.415. The van der Waals surface area contributed by atoms with Gasteiger partial charge in [0, 0.05) is 0 Å². The van der Waals surface area contributed by atoms with Crippen molar-refractivity contribution in [2.24, 2.45) is 0 Å². The van der Waals surface area contributed by atoms with E-state index in [1.807, 2.05) is 0 Å². The quantitative estimate of drug-likeness (QED) is 0.173. The third-order valence-corrected chi connectivity index (χ3v) is 5.89. The largest absolute Gasteiger partial charge is 0.455 e. The fourth-order valence-corrected chi connectivity index (χ4v) is 3.99. The molecule has 0 aliphatic heterocycles. The minimum atomic E-state index is -1.09.